The molecule has 0 bridgehead atoms. The van der Waals surface area contributed by atoms with E-state index in [1.54, 1.807) is 4.90 Å². The first-order valence-electron chi connectivity index (χ1n) is 6.14. The van der Waals surface area contributed by atoms with Crippen molar-refractivity contribution in [2.24, 2.45) is 0 Å². The summed E-state index contributed by atoms with van der Waals surface area (Å²) in [5.74, 6) is 0.553. The van der Waals surface area contributed by atoms with Crippen molar-refractivity contribution in [3.63, 3.8) is 0 Å². The van der Waals surface area contributed by atoms with Crippen molar-refractivity contribution in [2.75, 3.05) is 26.2 Å². The van der Waals surface area contributed by atoms with Crippen LogP contribution in [0, 0.1) is 0 Å². The quantitative estimate of drug-likeness (QED) is 0.670. The van der Waals surface area contributed by atoms with Crippen molar-refractivity contribution < 1.29 is 9.90 Å². The van der Waals surface area contributed by atoms with Crippen LogP contribution < -0.4 is 0 Å². The Hall–Kier alpha value is -1.54. The van der Waals surface area contributed by atoms with Gasteiger partial charge in [0.25, 0.3) is 5.91 Å². The zero-order valence-electron chi connectivity index (χ0n) is 10.0. The molecule has 2 fully saturated rings. The molecule has 1 aliphatic heterocycles. The molecule has 8 heteroatoms. The monoisotopic (exact) mass is 252 g/mol. The molecular weight excluding hydrogens is 236 g/mol. The van der Waals surface area contributed by atoms with Crippen molar-refractivity contribution in [2.45, 2.75) is 25.0 Å². The number of carbonyl (C=O) groups is 1. The average molecular weight is 252 g/mol. The van der Waals surface area contributed by atoms with Gasteiger partial charge in [0, 0.05) is 26.2 Å². The molecule has 2 heterocycles. The first-order chi connectivity index (χ1) is 8.67. The Morgan fingerprint density at radius 2 is 2.06 bits per heavy atom. The van der Waals surface area contributed by atoms with E-state index < -0.39 is 5.60 Å². The second kappa shape index (κ2) is 4.29. The molecule has 0 atom stereocenters. The second-order valence-corrected chi connectivity index (χ2v) is 4.93. The average Bonchev–Trinajstić information content (AvgIpc) is 2.93. The maximum atomic E-state index is 11.9. The van der Waals surface area contributed by atoms with Gasteiger partial charge in [0.1, 0.15) is 5.60 Å². The topological polar surface area (TPSA) is 98.2 Å². The molecule has 18 heavy (non-hydrogen) atoms. The Bertz CT molecular complexity index is 422. The SMILES string of the molecule is O=C(N1CCN(Cc2nn[nH]n2)CC1)C1(O)CC1. The molecule has 0 spiro atoms. The van der Waals surface area contributed by atoms with Crippen LogP contribution in [-0.4, -0.2) is 73.2 Å². The van der Waals surface area contributed by atoms with Crippen molar-refractivity contribution in [3.05, 3.63) is 5.82 Å². The number of hydrogen-bond donors (Lipinski definition) is 2. The van der Waals surface area contributed by atoms with Crippen LogP contribution in [-0.2, 0) is 11.3 Å². The lowest BCUT2D eigenvalue weighted by Crippen LogP contribution is -2.51. The van der Waals surface area contributed by atoms with Gasteiger partial charge in [0.05, 0.1) is 6.54 Å². The number of nitrogens with zero attached hydrogens (tertiary/aromatic N) is 5. The number of nitrogens with one attached hydrogen (secondary N) is 1. The van der Waals surface area contributed by atoms with Gasteiger partial charge in [-0.15, -0.1) is 10.2 Å². The highest BCUT2D eigenvalue weighted by Gasteiger charge is 2.50. The highest BCUT2D eigenvalue weighted by atomic mass is 16.3. The Kier molecular flexibility index (Phi) is 2.75. The lowest BCUT2D eigenvalue weighted by molar-refractivity contribution is -0.144. The van der Waals surface area contributed by atoms with Crippen LogP contribution in [0.5, 0.6) is 0 Å². The molecular formula is C10H16N6O2. The van der Waals surface area contributed by atoms with Crippen LogP contribution in [0.25, 0.3) is 0 Å². The van der Waals surface area contributed by atoms with E-state index in [0.29, 0.717) is 38.3 Å². The molecule has 1 amide bonds. The highest BCUT2D eigenvalue weighted by Crippen LogP contribution is 2.37. The summed E-state index contributed by atoms with van der Waals surface area (Å²) in [6.45, 7) is 3.49. The van der Waals surface area contributed by atoms with Crippen molar-refractivity contribution >= 4 is 5.91 Å². The Morgan fingerprint density at radius 1 is 1.33 bits per heavy atom. The fourth-order valence-electron chi connectivity index (χ4n) is 2.19. The van der Waals surface area contributed by atoms with Gasteiger partial charge in [-0.2, -0.15) is 5.21 Å². The highest BCUT2D eigenvalue weighted by molar-refractivity contribution is 5.87. The maximum absolute atomic E-state index is 11.9. The molecule has 0 unspecified atom stereocenters. The summed E-state index contributed by atoms with van der Waals surface area (Å²) in [4.78, 5) is 15.8. The molecule has 2 N–H and O–H groups in total. The minimum absolute atomic E-state index is 0.110. The molecule has 1 saturated carbocycles. The summed E-state index contributed by atoms with van der Waals surface area (Å²) in [5, 5.41) is 23.5. The van der Waals surface area contributed by atoms with Gasteiger partial charge >= 0.3 is 0 Å². The van der Waals surface area contributed by atoms with Crippen LogP contribution in [0.1, 0.15) is 18.7 Å². The summed E-state index contributed by atoms with van der Waals surface area (Å²) in [5.41, 5.74) is -1.05. The molecule has 8 nitrogen and oxygen atoms in total. The van der Waals surface area contributed by atoms with Crippen LogP contribution in [0.4, 0.5) is 0 Å². The van der Waals surface area contributed by atoms with E-state index in [2.05, 4.69) is 25.5 Å². The summed E-state index contributed by atoms with van der Waals surface area (Å²) >= 11 is 0. The third-order valence-corrected chi connectivity index (χ3v) is 3.54. The molecule has 98 valence electrons. The lowest BCUT2D eigenvalue weighted by atomic mass is 10.2. The number of rotatable bonds is 3. The molecule has 0 radical (unpaired) electrons. The number of carbonyl (C=O) groups excluding carboxylic acids is 1. The molecule has 1 saturated heterocycles. The Morgan fingerprint density at radius 3 is 2.61 bits per heavy atom. The summed E-state index contributed by atoms with van der Waals surface area (Å²) in [6, 6.07) is 0. The first-order valence-corrected chi connectivity index (χ1v) is 6.14. The van der Waals surface area contributed by atoms with E-state index in [1.807, 2.05) is 0 Å². The zero-order chi connectivity index (χ0) is 12.6. The predicted molar refractivity (Wildman–Crippen MR) is 60.2 cm³/mol. The molecule has 1 aliphatic carbocycles. The van der Waals surface area contributed by atoms with Crippen LogP contribution in [0.2, 0.25) is 0 Å². The Balaban J connectivity index is 1.50. The van der Waals surface area contributed by atoms with Gasteiger partial charge in [-0.3, -0.25) is 9.69 Å². The van der Waals surface area contributed by atoms with Gasteiger partial charge in [-0.05, 0) is 12.8 Å². The lowest BCUT2D eigenvalue weighted by Gasteiger charge is -2.35. The van der Waals surface area contributed by atoms with Gasteiger partial charge < -0.3 is 10.0 Å². The number of aromatic amines is 1. The van der Waals surface area contributed by atoms with E-state index in [1.165, 1.54) is 0 Å². The van der Waals surface area contributed by atoms with Crippen molar-refractivity contribution in [3.8, 4) is 0 Å². The normalized spacial score (nSPS) is 23.1. The van der Waals surface area contributed by atoms with Crippen molar-refractivity contribution in [1.29, 1.82) is 0 Å². The maximum Gasteiger partial charge on any atom is 0.254 e. The van der Waals surface area contributed by atoms with E-state index in [9.17, 15) is 9.90 Å². The largest absolute Gasteiger partial charge is 0.380 e. The summed E-state index contributed by atoms with van der Waals surface area (Å²) in [6.07, 6.45) is 1.21. The number of amides is 1. The van der Waals surface area contributed by atoms with Crippen LogP contribution in [0.3, 0.4) is 0 Å². The van der Waals surface area contributed by atoms with Gasteiger partial charge in [-0.25, -0.2) is 0 Å². The van der Waals surface area contributed by atoms with Crippen LogP contribution in [0.15, 0.2) is 0 Å². The van der Waals surface area contributed by atoms with Gasteiger partial charge in [0.15, 0.2) is 5.82 Å². The number of hydrogen-bond acceptors (Lipinski definition) is 6. The van der Waals surface area contributed by atoms with Crippen molar-refractivity contribution in [1.82, 2.24) is 30.4 Å². The number of aliphatic hydroxyl groups is 1. The fourth-order valence-corrected chi connectivity index (χ4v) is 2.19. The van der Waals surface area contributed by atoms with Gasteiger partial charge in [-0.1, -0.05) is 5.21 Å². The van der Waals surface area contributed by atoms with Crippen LogP contribution >= 0.6 is 0 Å². The number of tetrazole rings is 1. The second-order valence-electron chi connectivity index (χ2n) is 4.93. The van der Waals surface area contributed by atoms with Gasteiger partial charge in [0.2, 0.25) is 0 Å². The minimum Gasteiger partial charge on any atom is -0.380 e. The summed E-state index contributed by atoms with van der Waals surface area (Å²) < 4.78 is 0. The van der Waals surface area contributed by atoms with E-state index in [0.717, 1.165) is 13.1 Å². The molecule has 2 aliphatic rings. The molecule has 0 aromatic carbocycles. The Labute approximate surface area is 104 Å². The molecule has 3 rings (SSSR count). The first kappa shape index (κ1) is 11.5. The molecule has 1 aromatic heterocycles. The number of H-pyrrole nitrogens is 1. The smallest absolute Gasteiger partial charge is 0.254 e. The van der Waals surface area contributed by atoms with E-state index in [-0.39, 0.29) is 5.91 Å². The zero-order valence-corrected chi connectivity index (χ0v) is 10.0. The fraction of sp³-hybridized carbons (Fsp3) is 0.800. The van der Waals surface area contributed by atoms with E-state index in [4.69, 9.17) is 0 Å². The number of piperazine rings is 1. The standard InChI is InChI=1S/C10H16N6O2/c17-9(10(18)1-2-10)16-5-3-15(4-6-16)7-8-11-13-14-12-8/h18H,1-7H2,(H,11,12,13,14). The molecule has 1 aromatic rings. The minimum atomic E-state index is -1.05. The van der Waals surface area contributed by atoms with E-state index >= 15 is 0 Å². The third-order valence-electron chi connectivity index (χ3n) is 3.54. The third kappa shape index (κ3) is 2.21. The summed E-state index contributed by atoms with van der Waals surface area (Å²) in [7, 11) is 0. The number of aromatic nitrogens is 4. The predicted octanol–water partition coefficient (Wildman–Crippen LogP) is -1.63.